The van der Waals surface area contributed by atoms with Crippen LogP contribution >= 0.6 is 24.0 Å². The van der Waals surface area contributed by atoms with E-state index in [4.69, 9.17) is 5.73 Å². The van der Waals surface area contributed by atoms with Crippen LogP contribution in [0.5, 0.6) is 0 Å². The van der Waals surface area contributed by atoms with Crippen LogP contribution in [0.1, 0.15) is 40.0 Å². The molecule has 1 aromatic heterocycles. The standard InChI is InChI=1S/C19H35N7.HI/c1-16(2)6-4-7-17(3)24-18(20)21-10-11-25-12-14-26(15-13-25)19-22-8-5-9-23-19;/h5,8-9,16-17H,4,6-7,10-15H2,1-3H3,(H3,20,21,24);1H. The second-order valence-corrected chi connectivity index (χ2v) is 7.51. The average molecular weight is 489 g/mol. The number of nitrogens with zero attached hydrogens (tertiary/aromatic N) is 5. The number of aliphatic imine (C=N–C) groups is 1. The fourth-order valence-corrected chi connectivity index (χ4v) is 3.14. The molecule has 3 N–H and O–H groups in total. The molecule has 1 unspecified atom stereocenters. The van der Waals surface area contributed by atoms with E-state index in [1.807, 2.05) is 6.07 Å². The van der Waals surface area contributed by atoms with Gasteiger partial charge in [0.1, 0.15) is 0 Å². The van der Waals surface area contributed by atoms with Crippen molar-refractivity contribution in [2.75, 3.05) is 44.2 Å². The van der Waals surface area contributed by atoms with Crippen LogP contribution in [0.15, 0.2) is 23.5 Å². The molecule has 0 amide bonds. The van der Waals surface area contributed by atoms with Crippen molar-refractivity contribution < 1.29 is 0 Å². The lowest BCUT2D eigenvalue weighted by Gasteiger charge is -2.34. The van der Waals surface area contributed by atoms with Gasteiger partial charge in [-0.3, -0.25) is 9.89 Å². The second-order valence-electron chi connectivity index (χ2n) is 7.51. The summed E-state index contributed by atoms with van der Waals surface area (Å²) in [5.74, 6) is 2.16. The zero-order valence-corrected chi connectivity index (χ0v) is 19.3. The molecule has 1 aliphatic heterocycles. The number of rotatable bonds is 9. The summed E-state index contributed by atoms with van der Waals surface area (Å²) in [6.45, 7) is 12.3. The molecule has 0 saturated carbocycles. The molecule has 0 bridgehead atoms. The Morgan fingerprint density at radius 3 is 2.44 bits per heavy atom. The number of nitrogens with one attached hydrogen (secondary N) is 1. The molecule has 1 fully saturated rings. The maximum atomic E-state index is 6.02. The first-order chi connectivity index (χ1) is 12.5. The lowest BCUT2D eigenvalue weighted by molar-refractivity contribution is 0.264. The van der Waals surface area contributed by atoms with E-state index in [1.165, 1.54) is 12.8 Å². The molecule has 27 heavy (non-hydrogen) atoms. The molecule has 0 spiro atoms. The fraction of sp³-hybridized carbons (Fsp3) is 0.737. The molecule has 2 rings (SSSR count). The van der Waals surface area contributed by atoms with Crippen molar-refractivity contribution in [3.8, 4) is 0 Å². The van der Waals surface area contributed by atoms with Crippen LogP contribution in [0, 0.1) is 5.92 Å². The smallest absolute Gasteiger partial charge is 0.225 e. The maximum Gasteiger partial charge on any atom is 0.225 e. The number of aromatic nitrogens is 2. The van der Waals surface area contributed by atoms with Crippen LogP contribution in [0.25, 0.3) is 0 Å². The highest BCUT2D eigenvalue weighted by atomic mass is 127. The third-order valence-electron chi connectivity index (χ3n) is 4.72. The van der Waals surface area contributed by atoms with Crippen LogP contribution in [0.2, 0.25) is 0 Å². The highest BCUT2D eigenvalue weighted by molar-refractivity contribution is 14.0. The highest BCUT2D eigenvalue weighted by Crippen LogP contribution is 2.09. The van der Waals surface area contributed by atoms with E-state index in [-0.39, 0.29) is 24.0 Å². The van der Waals surface area contributed by atoms with E-state index in [0.717, 1.165) is 57.6 Å². The van der Waals surface area contributed by atoms with Gasteiger partial charge < -0.3 is 16.0 Å². The molecule has 154 valence electrons. The van der Waals surface area contributed by atoms with Crippen LogP contribution in [0.4, 0.5) is 5.95 Å². The zero-order chi connectivity index (χ0) is 18.8. The highest BCUT2D eigenvalue weighted by Gasteiger charge is 2.18. The van der Waals surface area contributed by atoms with E-state index in [9.17, 15) is 0 Å². The Hall–Kier alpha value is -1.16. The number of halogens is 1. The molecule has 1 saturated heterocycles. The van der Waals surface area contributed by atoms with E-state index in [0.29, 0.717) is 12.0 Å². The first-order valence-electron chi connectivity index (χ1n) is 9.85. The molecule has 2 heterocycles. The van der Waals surface area contributed by atoms with Crippen LogP contribution < -0.4 is 16.0 Å². The van der Waals surface area contributed by atoms with Crippen molar-refractivity contribution in [2.24, 2.45) is 16.6 Å². The SMILES string of the molecule is CC(C)CCCC(C)NC(N)=NCCN1CCN(c2ncccn2)CC1.I. The third-order valence-corrected chi connectivity index (χ3v) is 4.72. The second kappa shape index (κ2) is 13.1. The van der Waals surface area contributed by atoms with Gasteiger partial charge in [0.25, 0.3) is 0 Å². The first-order valence-corrected chi connectivity index (χ1v) is 9.85. The first kappa shape index (κ1) is 23.9. The number of nitrogens with two attached hydrogens (primary N) is 1. The summed E-state index contributed by atoms with van der Waals surface area (Å²) in [5.41, 5.74) is 6.02. The minimum Gasteiger partial charge on any atom is -0.370 e. The lowest BCUT2D eigenvalue weighted by Crippen LogP contribution is -2.47. The topological polar surface area (TPSA) is 82.7 Å². The normalized spacial score (nSPS) is 16.9. The third kappa shape index (κ3) is 9.55. The minimum atomic E-state index is 0. The van der Waals surface area contributed by atoms with Crippen LogP contribution in [0.3, 0.4) is 0 Å². The van der Waals surface area contributed by atoms with Gasteiger partial charge in [0, 0.05) is 51.2 Å². The summed E-state index contributed by atoms with van der Waals surface area (Å²) < 4.78 is 0. The predicted molar refractivity (Wildman–Crippen MR) is 124 cm³/mol. The summed E-state index contributed by atoms with van der Waals surface area (Å²) in [6.07, 6.45) is 7.22. The Bertz CT molecular complexity index is 530. The largest absolute Gasteiger partial charge is 0.370 e. The summed E-state index contributed by atoms with van der Waals surface area (Å²) >= 11 is 0. The molecule has 0 radical (unpaired) electrons. The Balaban J connectivity index is 0.00000364. The van der Waals surface area contributed by atoms with Gasteiger partial charge in [-0.2, -0.15) is 0 Å². The van der Waals surface area contributed by atoms with Gasteiger partial charge >= 0.3 is 0 Å². The van der Waals surface area contributed by atoms with E-state index >= 15 is 0 Å². The zero-order valence-electron chi connectivity index (χ0n) is 17.0. The number of piperazine rings is 1. The Labute approximate surface area is 181 Å². The van der Waals surface area contributed by atoms with Crippen LogP contribution in [-0.2, 0) is 0 Å². The number of hydrogen-bond donors (Lipinski definition) is 2. The number of anilines is 1. The van der Waals surface area contributed by atoms with Crippen molar-refractivity contribution in [1.82, 2.24) is 20.2 Å². The summed E-state index contributed by atoms with van der Waals surface area (Å²) in [6, 6.07) is 2.23. The number of guanidine groups is 1. The molecule has 1 atom stereocenters. The van der Waals surface area contributed by atoms with Gasteiger partial charge in [0.05, 0.1) is 6.54 Å². The summed E-state index contributed by atoms with van der Waals surface area (Å²) in [4.78, 5) is 17.8. The molecule has 7 nitrogen and oxygen atoms in total. The molecule has 1 aliphatic rings. The molecule has 0 aromatic carbocycles. The van der Waals surface area contributed by atoms with Gasteiger partial charge in [-0.25, -0.2) is 9.97 Å². The molecule has 8 heteroatoms. The molecule has 1 aromatic rings. The molecular weight excluding hydrogens is 453 g/mol. The predicted octanol–water partition coefficient (Wildman–Crippen LogP) is 2.34. The fourth-order valence-electron chi connectivity index (χ4n) is 3.14. The molecule has 0 aliphatic carbocycles. The van der Waals surface area contributed by atoms with Gasteiger partial charge in [-0.15, -0.1) is 24.0 Å². The monoisotopic (exact) mass is 489 g/mol. The lowest BCUT2D eigenvalue weighted by atomic mass is 10.0. The quantitative estimate of drug-likeness (QED) is 0.315. The Kier molecular flexibility index (Phi) is 11.6. The minimum absolute atomic E-state index is 0. The van der Waals surface area contributed by atoms with Crippen molar-refractivity contribution in [3.63, 3.8) is 0 Å². The van der Waals surface area contributed by atoms with E-state index in [2.05, 4.69) is 50.8 Å². The van der Waals surface area contributed by atoms with Gasteiger partial charge in [0.2, 0.25) is 5.95 Å². The van der Waals surface area contributed by atoms with Crippen molar-refractivity contribution in [3.05, 3.63) is 18.5 Å². The van der Waals surface area contributed by atoms with E-state index < -0.39 is 0 Å². The van der Waals surface area contributed by atoms with Gasteiger partial charge in [-0.1, -0.05) is 26.7 Å². The van der Waals surface area contributed by atoms with Crippen molar-refractivity contribution >= 4 is 35.9 Å². The molecular formula is C19H36IN7. The van der Waals surface area contributed by atoms with Gasteiger partial charge in [0.15, 0.2) is 5.96 Å². The van der Waals surface area contributed by atoms with Crippen LogP contribution in [-0.4, -0.2) is 66.1 Å². The Morgan fingerprint density at radius 1 is 1.15 bits per heavy atom. The van der Waals surface area contributed by atoms with E-state index in [1.54, 1.807) is 12.4 Å². The van der Waals surface area contributed by atoms with Crippen molar-refractivity contribution in [2.45, 2.75) is 46.1 Å². The van der Waals surface area contributed by atoms with Crippen molar-refractivity contribution in [1.29, 1.82) is 0 Å². The Morgan fingerprint density at radius 2 is 1.81 bits per heavy atom. The van der Waals surface area contributed by atoms with Gasteiger partial charge in [-0.05, 0) is 25.3 Å². The summed E-state index contributed by atoms with van der Waals surface area (Å²) in [5, 5.41) is 3.30. The summed E-state index contributed by atoms with van der Waals surface area (Å²) in [7, 11) is 0. The average Bonchev–Trinajstić information content (AvgIpc) is 2.62. The number of hydrogen-bond acceptors (Lipinski definition) is 5. The maximum absolute atomic E-state index is 6.02.